The SMILES string of the molecule is CC(C)ONC1CCOc2ccccc21. The molecule has 15 heavy (non-hydrogen) atoms. The minimum Gasteiger partial charge on any atom is -0.493 e. The lowest BCUT2D eigenvalue weighted by molar-refractivity contribution is -0.0335. The van der Waals surface area contributed by atoms with E-state index in [9.17, 15) is 0 Å². The van der Waals surface area contributed by atoms with E-state index >= 15 is 0 Å². The average Bonchev–Trinajstić information content (AvgIpc) is 2.26. The maximum absolute atomic E-state index is 5.56. The number of hydroxylamine groups is 1. The highest BCUT2D eigenvalue weighted by Gasteiger charge is 2.20. The number of rotatable bonds is 3. The molecule has 0 aliphatic carbocycles. The minimum absolute atomic E-state index is 0.194. The molecule has 1 heterocycles. The van der Waals surface area contributed by atoms with Crippen LogP contribution in [-0.4, -0.2) is 12.7 Å². The molecule has 1 N–H and O–H groups in total. The molecule has 0 radical (unpaired) electrons. The van der Waals surface area contributed by atoms with Crippen LogP contribution in [0.4, 0.5) is 0 Å². The lowest BCUT2D eigenvalue weighted by Gasteiger charge is -2.26. The first-order valence-corrected chi connectivity index (χ1v) is 5.40. The standard InChI is InChI=1S/C12H17NO2/c1-9(2)15-13-11-7-8-14-12-6-4-3-5-10(11)12/h3-6,9,11,13H,7-8H2,1-2H3. The molecule has 1 unspecified atom stereocenters. The highest BCUT2D eigenvalue weighted by atomic mass is 16.7. The zero-order chi connectivity index (χ0) is 10.7. The number of ether oxygens (including phenoxy) is 1. The van der Waals surface area contributed by atoms with Crippen molar-refractivity contribution in [1.29, 1.82) is 0 Å². The van der Waals surface area contributed by atoms with Crippen LogP contribution in [0.25, 0.3) is 0 Å². The molecule has 0 fully saturated rings. The number of nitrogens with one attached hydrogen (secondary N) is 1. The van der Waals surface area contributed by atoms with E-state index in [2.05, 4.69) is 11.5 Å². The molecule has 1 aliphatic heterocycles. The van der Waals surface area contributed by atoms with Crippen molar-refractivity contribution in [2.75, 3.05) is 6.61 Å². The molecule has 2 rings (SSSR count). The fourth-order valence-corrected chi connectivity index (χ4v) is 1.68. The van der Waals surface area contributed by atoms with Crippen molar-refractivity contribution in [2.45, 2.75) is 32.4 Å². The van der Waals surface area contributed by atoms with Crippen molar-refractivity contribution in [3.8, 4) is 5.75 Å². The molecular formula is C12H17NO2. The summed E-state index contributed by atoms with van der Waals surface area (Å²) in [7, 11) is 0. The molecule has 3 heteroatoms. The van der Waals surface area contributed by atoms with Crippen LogP contribution >= 0.6 is 0 Å². The van der Waals surface area contributed by atoms with Crippen LogP contribution in [0.15, 0.2) is 24.3 Å². The molecule has 1 aliphatic rings. The number of hydrogen-bond donors (Lipinski definition) is 1. The van der Waals surface area contributed by atoms with Gasteiger partial charge in [0.15, 0.2) is 0 Å². The van der Waals surface area contributed by atoms with Gasteiger partial charge in [0.1, 0.15) is 5.75 Å². The topological polar surface area (TPSA) is 30.5 Å². The molecule has 0 aromatic heterocycles. The molecule has 0 spiro atoms. The van der Waals surface area contributed by atoms with E-state index in [1.54, 1.807) is 0 Å². The fourth-order valence-electron chi connectivity index (χ4n) is 1.68. The van der Waals surface area contributed by atoms with Gasteiger partial charge >= 0.3 is 0 Å². The second kappa shape index (κ2) is 4.64. The number of hydrogen-bond acceptors (Lipinski definition) is 3. The Hall–Kier alpha value is -1.06. The van der Waals surface area contributed by atoms with Crippen molar-refractivity contribution in [2.24, 2.45) is 0 Å². The average molecular weight is 207 g/mol. The van der Waals surface area contributed by atoms with E-state index in [1.165, 1.54) is 5.56 Å². The summed E-state index contributed by atoms with van der Waals surface area (Å²) >= 11 is 0. The summed E-state index contributed by atoms with van der Waals surface area (Å²) in [5.74, 6) is 0.966. The Balaban J connectivity index is 2.08. The predicted molar refractivity (Wildman–Crippen MR) is 58.7 cm³/mol. The summed E-state index contributed by atoms with van der Waals surface area (Å²) in [5.41, 5.74) is 4.28. The largest absolute Gasteiger partial charge is 0.493 e. The normalized spacial score (nSPS) is 19.8. The first-order valence-electron chi connectivity index (χ1n) is 5.40. The van der Waals surface area contributed by atoms with E-state index in [1.807, 2.05) is 32.0 Å². The number of para-hydroxylation sites is 1. The lowest BCUT2D eigenvalue weighted by Crippen LogP contribution is -2.29. The van der Waals surface area contributed by atoms with Gasteiger partial charge in [0, 0.05) is 12.0 Å². The number of benzene rings is 1. The van der Waals surface area contributed by atoms with Crippen molar-refractivity contribution < 1.29 is 9.57 Å². The van der Waals surface area contributed by atoms with Crippen molar-refractivity contribution in [1.82, 2.24) is 5.48 Å². The fraction of sp³-hybridized carbons (Fsp3) is 0.500. The van der Waals surface area contributed by atoms with Crippen LogP contribution in [-0.2, 0) is 4.84 Å². The molecule has 0 amide bonds. The Morgan fingerprint density at radius 1 is 1.40 bits per heavy atom. The third kappa shape index (κ3) is 2.49. The Bertz CT molecular complexity index is 325. The molecule has 3 nitrogen and oxygen atoms in total. The third-order valence-electron chi connectivity index (χ3n) is 2.40. The monoisotopic (exact) mass is 207 g/mol. The first kappa shape index (κ1) is 10.5. The molecular weight excluding hydrogens is 190 g/mol. The Morgan fingerprint density at radius 2 is 2.20 bits per heavy atom. The van der Waals surface area contributed by atoms with E-state index in [4.69, 9.17) is 9.57 Å². The van der Waals surface area contributed by atoms with Crippen LogP contribution < -0.4 is 10.2 Å². The zero-order valence-electron chi connectivity index (χ0n) is 9.19. The van der Waals surface area contributed by atoms with Crippen LogP contribution in [0, 0.1) is 0 Å². The molecule has 82 valence electrons. The Morgan fingerprint density at radius 3 is 3.00 bits per heavy atom. The summed E-state index contributed by atoms with van der Waals surface area (Å²) < 4.78 is 5.56. The summed E-state index contributed by atoms with van der Waals surface area (Å²) in [6, 6.07) is 8.34. The molecule has 0 saturated carbocycles. The van der Waals surface area contributed by atoms with Gasteiger partial charge in [0.05, 0.1) is 18.8 Å². The maximum Gasteiger partial charge on any atom is 0.124 e. The summed E-state index contributed by atoms with van der Waals surface area (Å²) in [4.78, 5) is 5.43. The van der Waals surface area contributed by atoms with Gasteiger partial charge in [-0.05, 0) is 19.9 Å². The molecule has 1 atom stereocenters. The van der Waals surface area contributed by atoms with Gasteiger partial charge in [-0.2, -0.15) is 5.48 Å². The van der Waals surface area contributed by atoms with Gasteiger partial charge in [-0.1, -0.05) is 18.2 Å². The summed E-state index contributed by atoms with van der Waals surface area (Å²) in [5, 5.41) is 0. The van der Waals surface area contributed by atoms with Gasteiger partial charge in [-0.3, -0.25) is 4.84 Å². The second-order valence-electron chi connectivity index (χ2n) is 4.01. The van der Waals surface area contributed by atoms with Crippen LogP contribution in [0.5, 0.6) is 5.75 Å². The second-order valence-corrected chi connectivity index (χ2v) is 4.01. The van der Waals surface area contributed by atoms with E-state index in [0.717, 1.165) is 18.8 Å². The van der Waals surface area contributed by atoms with Gasteiger partial charge in [-0.25, -0.2) is 0 Å². The lowest BCUT2D eigenvalue weighted by atomic mass is 10.0. The van der Waals surface area contributed by atoms with Gasteiger partial charge in [0.2, 0.25) is 0 Å². The number of fused-ring (bicyclic) bond motifs is 1. The van der Waals surface area contributed by atoms with Crippen LogP contribution in [0.2, 0.25) is 0 Å². The Kier molecular flexibility index (Phi) is 3.23. The van der Waals surface area contributed by atoms with E-state index < -0.39 is 0 Å². The van der Waals surface area contributed by atoms with Crippen molar-refractivity contribution >= 4 is 0 Å². The van der Waals surface area contributed by atoms with Gasteiger partial charge < -0.3 is 4.74 Å². The third-order valence-corrected chi connectivity index (χ3v) is 2.40. The maximum atomic E-state index is 5.56. The Labute approximate surface area is 90.3 Å². The van der Waals surface area contributed by atoms with E-state index in [-0.39, 0.29) is 12.1 Å². The smallest absolute Gasteiger partial charge is 0.124 e. The predicted octanol–water partition coefficient (Wildman–Crippen LogP) is 2.44. The first-order chi connectivity index (χ1) is 7.27. The van der Waals surface area contributed by atoms with Crippen LogP contribution in [0.3, 0.4) is 0 Å². The van der Waals surface area contributed by atoms with E-state index in [0.29, 0.717) is 0 Å². The summed E-state index contributed by atoms with van der Waals surface area (Å²) in [6.07, 6.45) is 1.14. The highest BCUT2D eigenvalue weighted by molar-refractivity contribution is 5.37. The molecule has 0 saturated heterocycles. The minimum atomic E-state index is 0.194. The quantitative estimate of drug-likeness (QED) is 0.772. The molecule has 1 aromatic rings. The summed E-state index contributed by atoms with van der Waals surface area (Å²) in [6.45, 7) is 4.77. The van der Waals surface area contributed by atoms with Crippen LogP contribution in [0.1, 0.15) is 31.9 Å². The molecule has 0 bridgehead atoms. The zero-order valence-corrected chi connectivity index (χ0v) is 9.19. The van der Waals surface area contributed by atoms with Gasteiger partial charge in [0.25, 0.3) is 0 Å². The van der Waals surface area contributed by atoms with Gasteiger partial charge in [-0.15, -0.1) is 0 Å². The molecule has 1 aromatic carbocycles. The van der Waals surface area contributed by atoms with Crippen molar-refractivity contribution in [3.63, 3.8) is 0 Å². The highest BCUT2D eigenvalue weighted by Crippen LogP contribution is 2.31. The van der Waals surface area contributed by atoms with Crippen molar-refractivity contribution in [3.05, 3.63) is 29.8 Å².